The van der Waals surface area contributed by atoms with Crippen molar-refractivity contribution in [2.45, 2.75) is 64.5 Å². The fraction of sp³-hybridized carbons (Fsp3) is 0.857. The van der Waals surface area contributed by atoms with E-state index in [0.717, 1.165) is 12.8 Å². The molecule has 0 saturated heterocycles. The summed E-state index contributed by atoms with van der Waals surface area (Å²) < 4.78 is 0. The normalized spacial score (nSPS) is 17.0. The van der Waals surface area contributed by atoms with Gasteiger partial charge in [0.2, 0.25) is 11.8 Å². The average molecular weight is 269 g/mol. The largest absolute Gasteiger partial charge is 0.353 e. The van der Waals surface area contributed by atoms with E-state index in [0.29, 0.717) is 6.04 Å². The highest BCUT2D eigenvalue weighted by molar-refractivity contribution is 5.81. The van der Waals surface area contributed by atoms with Gasteiger partial charge in [0.05, 0.1) is 13.1 Å². The fourth-order valence-corrected chi connectivity index (χ4v) is 2.36. The first-order valence-electron chi connectivity index (χ1n) is 7.37. The zero-order chi connectivity index (χ0) is 14.1. The molecule has 1 aliphatic rings. The molecule has 0 heterocycles. The molecular weight excluding hydrogens is 242 g/mol. The SMILES string of the molecule is CC(C)NC(=O)CNCC(=O)NC1CCCCCC1. The van der Waals surface area contributed by atoms with Crippen LogP contribution in [-0.4, -0.2) is 37.0 Å². The molecule has 0 atom stereocenters. The van der Waals surface area contributed by atoms with Crippen LogP contribution in [0.2, 0.25) is 0 Å². The molecule has 0 aromatic rings. The molecule has 5 nitrogen and oxygen atoms in total. The summed E-state index contributed by atoms with van der Waals surface area (Å²) in [6, 6.07) is 0.454. The predicted octanol–water partition coefficient (Wildman–Crippen LogP) is 0.940. The van der Waals surface area contributed by atoms with Crippen molar-refractivity contribution < 1.29 is 9.59 Å². The molecule has 0 spiro atoms. The number of rotatable bonds is 6. The molecule has 0 aromatic carbocycles. The van der Waals surface area contributed by atoms with E-state index < -0.39 is 0 Å². The second kappa shape index (κ2) is 8.91. The van der Waals surface area contributed by atoms with Gasteiger partial charge in [0.1, 0.15) is 0 Å². The van der Waals surface area contributed by atoms with Crippen molar-refractivity contribution in [3.8, 4) is 0 Å². The Kier molecular flexibility index (Phi) is 7.48. The molecule has 0 aliphatic heterocycles. The second-order valence-electron chi connectivity index (χ2n) is 5.58. The first kappa shape index (κ1) is 16.0. The first-order valence-corrected chi connectivity index (χ1v) is 7.37. The van der Waals surface area contributed by atoms with Crippen LogP contribution in [0.1, 0.15) is 52.4 Å². The van der Waals surface area contributed by atoms with Crippen LogP contribution in [0.4, 0.5) is 0 Å². The number of hydrogen-bond acceptors (Lipinski definition) is 3. The van der Waals surface area contributed by atoms with Crippen molar-refractivity contribution in [3.63, 3.8) is 0 Å². The summed E-state index contributed by atoms with van der Waals surface area (Å²) in [5, 5.41) is 8.68. The first-order chi connectivity index (χ1) is 9.08. The Hall–Kier alpha value is -1.10. The number of hydrogen-bond donors (Lipinski definition) is 3. The van der Waals surface area contributed by atoms with Crippen LogP contribution >= 0.6 is 0 Å². The van der Waals surface area contributed by atoms with Crippen LogP contribution in [0.3, 0.4) is 0 Å². The van der Waals surface area contributed by atoms with Gasteiger partial charge in [0, 0.05) is 12.1 Å². The van der Waals surface area contributed by atoms with E-state index >= 15 is 0 Å². The lowest BCUT2D eigenvalue weighted by atomic mass is 10.1. The molecule has 0 radical (unpaired) electrons. The summed E-state index contributed by atoms with van der Waals surface area (Å²) in [5.41, 5.74) is 0. The topological polar surface area (TPSA) is 70.2 Å². The maximum atomic E-state index is 11.7. The number of carbonyl (C=O) groups is 2. The summed E-state index contributed by atoms with van der Waals surface area (Å²) in [5.74, 6) is -0.0819. The third-order valence-corrected chi connectivity index (χ3v) is 3.24. The van der Waals surface area contributed by atoms with E-state index in [1.807, 2.05) is 13.8 Å². The van der Waals surface area contributed by atoms with Gasteiger partial charge in [-0.2, -0.15) is 0 Å². The van der Waals surface area contributed by atoms with Gasteiger partial charge >= 0.3 is 0 Å². The van der Waals surface area contributed by atoms with Crippen LogP contribution in [-0.2, 0) is 9.59 Å². The zero-order valence-corrected chi connectivity index (χ0v) is 12.1. The smallest absolute Gasteiger partial charge is 0.234 e. The summed E-state index contributed by atoms with van der Waals surface area (Å²) in [6.07, 6.45) is 7.13. The third-order valence-electron chi connectivity index (χ3n) is 3.24. The Morgan fingerprint density at radius 2 is 1.58 bits per heavy atom. The van der Waals surface area contributed by atoms with Crippen LogP contribution in [0.25, 0.3) is 0 Å². The third kappa shape index (κ3) is 7.82. The zero-order valence-electron chi connectivity index (χ0n) is 12.1. The Morgan fingerprint density at radius 3 is 2.16 bits per heavy atom. The molecule has 19 heavy (non-hydrogen) atoms. The molecule has 0 unspecified atom stereocenters. The minimum Gasteiger partial charge on any atom is -0.353 e. The molecule has 5 heteroatoms. The maximum Gasteiger partial charge on any atom is 0.234 e. The molecule has 1 rings (SSSR count). The highest BCUT2D eigenvalue weighted by atomic mass is 16.2. The van der Waals surface area contributed by atoms with Crippen molar-refractivity contribution in [1.29, 1.82) is 0 Å². The van der Waals surface area contributed by atoms with Gasteiger partial charge in [-0.1, -0.05) is 25.7 Å². The number of carbonyl (C=O) groups excluding carboxylic acids is 2. The highest BCUT2D eigenvalue weighted by Gasteiger charge is 2.14. The molecule has 0 bridgehead atoms. The molecule has 3 N–H and O–H groups in total. The van der Waals surface area contributed by atoms with Gasteiger partial charge in [0.25, 0.3) is 0 Å². The molecule has 1 fully saturated rings. The van der Waals surface area contributed by atoms with Crippen LogP contribution < -0.4 is 16.0 Å². The Morgan fingerprint density at radius 1 is 1.00 bits per heavy atom. The monoisotopic (exact) mass is 269 g/mol. The van der Waals surface area contributed by atoms with Gasteiger partial charge in [-0.25, -0.2) is 0 Å². The molecule has 1 aliphatic carbocycles. The van der Waals surface area contributed by atoms with E-state index in [9.17, 15) is 9.59 Å². The highest BCUT2D eigenvalue weighted by Crippen LogP contribution is 2.16. The standard InChI is InChI=1S/C14H27N3O2/c1-11(2)16-13(18)9-15-10-14(19)17-12-7-5-3-4-6-8-12/h11-12,15H,3-10H2,1-2H3,(H,16,18)(H,17,19). The lowest BCUT2D eigenvalue weighted by molar-refractivity contribution is -0.122. The minimum absolute atomic E-state index is 0.00996. The van der Waals surface area contributed by atoms with E-state index in [1.54, 1.807) is 0 Å². The molecular formula is C14H27N3O2. The number of amides is 2. The summed E-state index contributed by atoms with van der Waals surface area (Å²) in [4.78, 5) is 23.1. The quantitative estimate of drug-likeness (QED) is 0.629. The van der Waals surface area contributed by atoms with E-state index in [1.165, 1.54) is 25.7 Å². The van der Waals surface area contributed by atoms with Crippen molar-refractivity contribution in [3.05, 3.63) is 0 Å². The van der Waals surface area contributed by atoms with Gasteiger partial charge in [-0.05, 0) is 26.7 Å². The Bertz CT molecular complexity index is 284. The van der Waals surface area contributed by atoms with Crippen LogP contribution in [0.5, 0.6) is 0 Å². The van der Waals surface area contributed by atoms with E-state index in [-0.39, 0.29) is 30.9 Å². The minimum atomic E-state index is -0.0720. The van der Waals surface area contributed by atoms with Gasteiger partial charge in [-0.3, -0.25) is 14.9 Å². The van der Waals surface area contributed by atoms with Crippen molar-refractivity contribution in [2.24, 2.45) is 0 Å². The van der Waals surface area contributed by atoms with E-state index in [2.05, 4.69) is 16.0 Å². The fourth-order valence-electron chi connectivity index (χ4n) is 2.36. The van der Waals surface area contributed by atoms with Crippen molar-refractivity contribution >= 4 is 11.8 Å². The summed E-state index contributed by atoms with van der Waals surface area (Å²) in [6.45, 7) is 4.23. The molecule has 110 valence electrons. The molecule has 2 amide bonds. The van der Waals surface area contributed by atoms with Gasteiger partial charge < -0.3 is 10.6 Å². The predicted molar refractivity (Wildman–Crippen MR) is 75.8 cm³/mol. The lowest BCUT2D eigenvalue weighted by Crippen LogP contribution is -2.43. The molecule has 1 saturated carbocycles. The second-order valence-corrected chi connectivity index (χ2v) is 5.58. The molecule has 0 aromatic heterocycles. The van der Waals surface area contributed by atoms with Crippen LogP contribution in [0, 0.1) is 0 Å². The van der Waals surface area contributed by atoms with Crippen molar-refractivity contribution in [2.75, 3.05) is 13.1 Å². The van der Waals surface area contributed by atoms with Crippen LogP contribution in [0.15, 0.2) is 0 Å². The number of nitrogens with one attached hydrogen (secondary N) is 3. The van der Waals surface area contributed by atoms with E-state index in [4.69, 9.17) is 0 Å². The lowest BCUT2D eigenvalue weighted by Gasteiger charge is -2.16. The van der Waals surface area contributed by atoms with Crippen molar-refractivity contribution in [1.82, 2.24) is 16.0 Å². The summed E-state index contributed by atoms with van der Waals surface area (Å²) in [7, 11) is 0. The maximum absolute atomic E-state index is 11.7. The van der Waals surface area contributed by atoms with Gasteiger partial charge in [-0.15, -0.1) is 0 Å². The van der Waals surface area contributed by atoms with Gasteiger partial charge in [0.15, 0.2) is 0 Å². The summed E-state index contributed by atoms with van der Waals surface area (Å²) >= 11 is 0. The average Bonchev–Trinajstić information content (AvgIpc) is 2.56. The Labute approximate surface area is 115 Å². The Balaban J connectivity index is 2.11.